The molecule has 0 fully saturated rings. The first-order valence-corrected chi connectivity index (χ1v) is 25.9. The van der Waals surface area contributed by atoms with Crippen LogP contribution >= 0.6 is 8.25 Å². The quantitative estimate of drug-likeness (QED) is 0.0365. The minimum atomic E-state index is -2.50. The van der Waals surface area contributed by atoms with Crippen molar-refractivity contribution in [3.8, 4) is 0 Å². The van der Waals surface area contributed by atoms with Crippen LogP contribution in [0.2, 0.25) is 0 Å². The molecule has 0 rings (SSSR count). The third kappa shape index (κ3) is 46.3. The van der Waals surface area contributed by atoms with Crippen LogP contribution in [0.3, 0.4) is 0 Å². The van der Waals surface area contributed by atoms with Crippen LogP contribution in [0.25, 0.3) is 0 Å². The summed E-state index contributed by atoms with van der Waals surface area (Å²) in [4.78, 5) is 0. The molecule has 0 aliphatic heterocycles. The normalized spacial score (nSPS) is 13.1. The summed E-state index contributed by atoms with van der Waals surface area (Å²) in [7, 11) is -2.50. The van der Waals surface area contributed by atoms with Crippen LogP contribution in [0.1, 0.15) is 296 Å². The molecular formula is C48H98O5P+. The summed E-state index contributed by atoms with van der Waals surface area (Å²) in [6, 6.07) is 0. The molecule has 0 aromatic carbocycles. The number of hydrogen-bond acceptors (Lipinski definition) is 5. The molecule has 5 nitrogen and oxygen atoms in total. The van der Waals surface area contributed by atoms with Crippen LogP contribution in [0.15, 0.2) is 0 Å². The average Bonchev–Trinajstić information content (AvgIpc) is 3.16. The van der Waals surface area contributed by atoms with Crippen LogP contribution in [0.4, 0.5) is 0 Å². The third-order valence-electron chi connectivity index (χ3n) is 11.5. The van der Waals surface area contributed by atoms with Crippen molar-refractivity contribution in [2.75, 3.05) is 0 Å². The van der Waals surface area contributed by atoms with Gasteiger partial charge in [-0.2, -0.15) is 0 Å². The van der Waals surface area contributed by atoms with Crippen LogP contribution in [0, 0.1) is 0 Å². The van der Waals surface area contributed by atoms with Crippen molar-refractivity contribution in [3.05, 3.63) is 0 Å². The van der Waals surface area contributed by atoms with E-state index >= 15 is 0 Å². The van der Waals surface area contributed by atoms with Crippen molar-refractivity contribution in [1.29, 1.82) is 0 Å². The Kier molecular flexibility index (Phi) is 47.3. The first-order chi connectivity index (χ1) is 26.6. The molecule has 0 bridgehead atoms. The highest BCUT2D eigenvalue weighted by Crippen LogP contribution is 2.30. The van der Waals surface area contributed by atoms with Crippen molar-refractivity contribution < 1.29 is 23.8 Å². The van der Waals surface area contributed by atoms with Gasteiger partial charge in [0.15, 0.2) is 0 Å². The molecule has 0 aromatic rings. The Labute approximate surface area is 340 Å². The predicted octanol–water partition coefficient (Wildman–Crippen LogP) is 17.5. The van der Waals surface area contributed by atoms with Gasteiger partial charge in [0.2, 0.25) is 12.6 Å². The van der Waals surface area contributed by atoms with Gasteiger partial charge >= 0.3 is 8.25 Å². The largest absolute Gasteiger partial charge is 0.702 e. The molecular weight excluding hydrogens is 687 g/mol. The summed E-state index contributed by atoms with van der Waals surface area (Å²) in [6.45, 7) is 4.58. The molecule has 2 unspecified atom stereocenters. The maximum Gasteiger partial charge on any atom is 0.702 e. The second kappa shape index (κ2) is 47.3. The summed E-state index contributed by atoms with van der Waals surface area (Å²) in [6.07, 6.45) is 55.2. The number of rotatable bonds is 48. The summed E-state index contributed by atoms with van der Waals surface area (Å²) in [5.41, 5.74) is 0. The smallest absolute Gasteiger partial charge is 0.364 e. The molecule has 0 aliphatic carbocycles. The lowest BCUT2D eigenvalue weighted by Crippen LogP contribution is -2.12. The third-order valence-corrected chi connectivity index (χ3v) is 12.4. The van der Waals surface area contributed by atoms with Crippen molar-refractivity contribution in [3.63, 3.8) is 0 Å². The van der Waals surface area contributed by atoms with Crippen LogP contribution < -0.4 is 0 Å². The molecule has 0 amide bonds. The maximum absolute atomic E-state index is 12.1. The molecule has 0 aliphatic rings. The SMILES string of the molecule is CCCCCCCCCCCCCCCCCCCCCCCC(O)O[P+](=O)OC(O)CCCCCCCCCCCCCCCCCCCCCCC. The maximum atomic E-state index is 12.1. The fourth-order valence-electron chi connectivity index (χ4n) is 7.83. The van der Waals surface area contributed by atoms with Gasteiger partial charge in [-0.1, -0.05) is 280 Å². The fourth-order valence-corrected chi connectivity index (χ4v) is 8.49. The van der Waals surface area contributed by atoms with E-state index in [4.69, 9.17) is 9.05 Å². The van der Waals surface area contributed by atoms with Crippen LogP contribution in [-0.2, 0) is 13.6 Å². The van der Waals surface area contributed by atoms with Crippen molar-refractivity contribution in [2.45, 2.75) is 309 Å². The van der Waals surface area contributed by atoms with E-state index in [1.807, 2.05) is 0 Å². The number of aliphatic hydroxyl groups is 2. The van der Waals surface area contributed by atoms with E-state index in [1.165, 1.54) is 244 Å². The number of aliphatic hydroxyl groups excluding tert-OH is 2. The Balaban J connectivity index is 3.33. The lowest BCUT2D eigenvalue weighted by atomic mass is 10.0. The molecule has 0 saturated heterocycles. The number of unbranched alkanes of at least 4 members (excludes halogenated alkanes) is 40. The van der Waals surface area contributed by atoms with E-state index in [0.29, 0.717) is 12.8 Å². The van der Waals surface area contributed by atoms with Crippen LogP contribution in [0.5, 0.6) is 0 Å². The first kappa shape index (κ1) is 53.9. The molecule has 2 atom stereocenters. The molecule has 0 aromatic heterocycles. The summed E-state index contributed by atoms with van der Waals surface area (Å²) in [5, 5.41) is 20.2. The molecule has 0 heterocycles. The number of hydrogen-bond donors (Lipinski definition) is 2. The minimum Gasteiger partial charge on any atom is -0.364 e. The highest BCUT2D eigenvalue weighted by molar-refractivity contribution is 7.33. The highest BCUT2D eigenvalue weighted by atomic mass is 31.1. The van der Waals surface area contributed by atoms with E-state index in [0.717, 1.165) is 25.7 Å². The molecule has 2 N–H and O–H groups in total. The van der Waals surface area contributed by atoms with Gasteiger partial charge in [0.25, 0.3) is 0 Å². The molecule has 6 heteroatoms. The lowest BCUT2D eigenvalue weighted by molar-refractivity contribution is -0.0648. The molecule has 54 heavy (non-hydrogen) atoms. The Bertz CT molecular complexity index is 651. The summed E-state index contributed by atoms with van der Waals surface area (Å²) in [5.74, 6) is 0. The summed E-state index contributed by atoms with van der Waals surface area (Å²) >= 11 is 0. The van der Waals surface area contributed by atoms with E-state index in [2.05, 4.69) is 13.8 Å². The standard InChI is InChI=1S/C48H98O5P/c1-3-5-7-9-11-13-15-17-19-21-23-25-27-29-31-33-35-37-39-41-43-45-47(49)52-54(51)53-48(50)46-44-42-40-38-36-34-32-30-28-26-24-22-20-18-16-14-12-10-8-6-4-2/h47-50H,3-46H2,1-2H3/q+1. The van der Waals surface area contributed by atoms with Gasteiger partial charge in [0, 0.05) is 17.4 Å². The zero-order valence-corrected chi connectivity index (χ0v) is 37.7. The predicted molar refractivity (Wildman–Crippen MR) is 236 cm³/mol. The van der Waals surface area contributed by atoms with Gasteiger partial charge in [-0.25, -0.2) is 0 Å². The van der Waals surface area contributed by atoms with E-state index in [9.17, 15) is 14.8 Å². The molecule has 0 radical (unpaired) electrons. The van der Waals surface area contributed by atoms with Gasteiger partial charge in [-0.05, 0) is 12.8 Å². The Hall–Kier alpha value is -0.0600. The molecule has 324 valence electrons. The second-order valence-corrected chi connectivity index (χ2v) is 17.9. The monoisotopic (exact) mass is 786 g/mol. The Morgan fingerprint density at radius 2 is 0.444 bits per heavy atom. The summed E-state index contributed by atoms with van der Waals surface area (Å²) < 4.78 is 22.3. The van der Waals surface area contributed by atoms with Crippen LogP contribution in [-0.4, -0.2) is 22.8 Å². The van der Waals surface area contributed by atoms with E-state index in [-0.39, 0.29) is 0 Å². The van der Waals surface area contributed by atoms with Crippen molar-refractivity contribution in [1.82, 2.24) is 0 Å². The van der Waals surface area contributed by atoms with Gasteiger partial charge in [-0.3, -0.25) is 0 Å². The highest BCUT2D eigenvalue weighted by Gasteiger charge is 2.29. The Morgan fingerprint density at radius 3 is 0.611 bits per heavy atom. The zero-order valence-electron chi connectivity index (χ0n) is 36.8. The van der Waals surface area contributed by atoms with Gasteiger partial charge in [-0.15, -0.1) is 0 Å². The lowest BCUT2D eigenvalue weighted by Gasteiger charge is -2.06. The Morgan fingerprint density at radius 1 is 0.296 bits per heavy atom. The van der Waals surface area contributed by atoms with Gasteiger partial charge in [0.1, 0.15) is 0 Å². The van der Waals surface area contributed by atoms with Gasteiger partial charge < -0.3 is 10.2 Å². The van der Waals surface area contributed by atoms with Crippen molar-refractivity contribution in [2.24, 2.45) is 0 Å². The van der Waals surface area contributed by atoms with Gasteiger partial charge in [0.05, 0.1) is 0 Å². The average molecular weight is 786 g/mol. The zero-order chi connectivity index (χ0) is 39.3. The minimum absolute atomic E-state index is 0.457. The van der Waals surface area contributed by atoms with E-state index < -0.39 is 20.8 Å². The fraction of sp³-hybridized carbons (Fsp3) is 1.00. The molecule has 0 spiro atoms. The van der Waals surface area contributed by atoms with Crippen molar-refractivity contribution >= 4 is 8.25 Å². The molecule has 0 saturated carbocycles. The van der Waals surface area contributed by atoms with E-state index in [1.54, 1.807) is 0 Å². The second-order valence-electron chi connectivity index (χ2n) is 17.1. The first-order valence-electron chi connectivity index (χ1n) is 24.8. The topological polar surface area (TPSA) is 76.0 Å².